The molecule has 33 heavy (non-hydrogen) atoms. The van der Waals surface area contributed by atoms with Gasteiger partial charge in [0.15, 0.2) is 5.82 Å². The Kier molecular flexibility index (Phi) is 4.14. The molecule has 9 heteroatoms. The van der Waals surface area contributed by atoms with Crippen LogP contribution in [0.2, 0.25) is 0 Å². The summed E-state index contributed by atoms with van der Waals surface area (Å²) < 4.78 is 1.40. The van der Waals surface area contributed by atoms with Crippen molar-refractivity contribution in [2.24, 2.45) is 0 Å². The molecule has 2 aromatic heterocycles. The summed E-state index contributed by atoms with van der Waals surface area (Å²) in [5, 5.41) is 15.7. The van der Waals surface area contributed by atoms with Crippen LogP contribution in [0.3, 0.4) is 0 Å². The largest absolute Gasteiger partial charge is 0.480 e. The van der Waals surface area contributed by atoms with Crippen molar-refractivity contribution in [3.05, 3.63) is 87.2 Å². The standard InChI is InChI=1S/C24H14N4O4S/c29-18(30)12-27-17-11-4-3-9-16(17)19(22(27)31)20-23(32)28-24(33-20)25-21(26-28)15-10-5-7-13-6-1-2-8-14(13)15/h1-11H,12H2,(H,29,30)/b20-19+. The molecule has 0 radical (unpaired) electrons. The lowest BCUT2D eigenvalue weighted by molar-refractivity contribution is -0.136. The maximum Gasteiger partial charge on any atom is 0.323 e. The number of thiazole rings is 1. The monoisotopic (exact) mass is 454 g/mol. The van der Waals surface area contributed by atoms with Crippen LogP contribution in [0.15, 0.2) is 71.5 Å². The van der Waals surface area contributed by atoms with E-state index in [0.717, 1.165) is 27.7 Å². The van der Waals surface area contributed by atoms with E-state index in [9.17, 15) is 19.5 Å². The van der Waals surface area contributed by atoms with Crippen molar-refractivity contribution in [3.63, 3.8) is 0 Å². The molecule has 5 aromatic rings. The molecule has 160 valence electrons. The van der Waals surface area contributed by atoms with Gasteiger partial charge in [-0.1, -0.05) is 72.0 Å². The van der Waals surface area contributed by atoms with Crippen LogP contribution < -0.4 is 15.0 Å². The fraction of sp³-hybridized carbons (Fsp3) is 0.0417. The summed E-state index contributed by atoms with van der Waals surface area (Å²) in [4.78, 5) is 43.8. The number of amides is 1. The molecule has 0 saturated heterocycles. The minimum atomic E-state index is -1.14. The third-order valence-electron chi connectivity index (χ3n) is 5.63. The first-order valence-corrected chi connectivity index (χ1v) is 10.9. The molecule has 8 nitrogen and oxygen atoms in total. The lowest BCUT2D eigenvalue weighted by Gasteiger charge is -2.13. The molecule has 0 atom stereocenters. The molecule has 1 aliphatic heterocycles. The zero-order valence-electron chi connectivity index (χ0n) is 16.9. The summed E-state index contributed by atoms with van der Waals surface area (Å²) in [6.07, 6.45) is 0. The Bertz CT molecular complexity index is 1730. The van der Waals surface area contributed by atoms with Crippen molar-refractivity contribution in [2.75, 3.05) is 11.4 Å². The summed E-state index contributed by atoms with van der Waals surface area (Å²) in [5.41, 5.74) is 1.53. The van der Waals surface area contributed by atoms with E-state index in [0.29, 0.717) is 22.0 Å². The minimum absolute atomic E-state index is 0.181. The van der Waals surface area contributed by atoms with Gasteiger partial charge in [0.1, 0.15) is 11.1 Å². The number of carbonyl (C=O) groups excluding carboxylic acids is 1. The highest BCUT2D eigenvalue weighted by atomic mass is 32.1. The van der Waals surface area contributed by atoms with Gasteiger partial charge in [-0.15, -0.1) is 5.10 Å². The normalized spacial score (nSPS) is 14.9. The molecule has 6 rings (SSSR count). The summed E-state index contributed by atoms with van der Waals surface area (Å²) in [7, 11) is 0. The van der Waals surface area contributed by atoms with Gasteiger partial charge in [-0.05, 0) is 16.8 Å². The Morgan fingerprint density at radius 3 is 2.48 bits per heavy atom. The van der Waals surface area contributed by atoms with Gasteiger partial charge in [-0.3, -0.25) is 19.3 Å². The fourth-order valence-electron chi connectivity index (χ4n) is 4.21. The molecule has 0 spiro atoms. The number of rotatable bonds is 3. The number of aliphatic carboxylic acids is 1. The highest BCUT2D eigenvalue weighted by molar-refractivity contribution is 7.15. The molecular formula is C24H14N4O4S. The summed E-state index contributed by atoms with van der Waals surface area (Å²) in [6, 6.07) is 20.5. The van der Waals surface area contributed by atoms with Gasteiger partial charge in [0.05, 0.1) is 11.3 Å². The van der Waals surface area contributed by atoms with Crippen LogP contribution in [0, 0.1) is 0 Å². The predicted molar refractivity (Wildman–Crippen MR) is 124 cm³/mol. The average molecular weight is 454 g/mol. The van der Waals surface area contributed by atoms with Gasteiger partial charge in [0.25, 0.3) is 11.5 Å². The second kappa shape index (κ2) is 7.07. The third kappa shape index (κ3) is 2.86. The number of carbonyl (C=O) groups is 2. The second-order valence-electron chi connectivity index (χ2n) is 7.57. The van der Waals surface area contributed by atoms with Gasteiger partial charge >= 0.3 is 5.97 Å². The van der Waals surface area contributed by atoms with E-state index in [1.165, 1.54) is 9.42 Å². The first-order valence-electron chi connectivity index (χ1n) is 10.1. The summed E-state index contributed by atoms with van der Waals surface area (Å²) >= 11 is 1.08. The molecule has 0 bridgehead atoms. The lowest BCUT2D eigenvalue weighted by Crippen LogP contribution is -2.35. The van der Waals surface area contributed by atoms with Crippen LogP contribution in [0.5, 0.6) is 0 Å². The van der Waals surface area contributed by atoms with Crippen molar-refractivity contribution >= 4 is 50.2 Å². The van der Waals surface area contributed by atoms with E-state index in [-0.39, 0.29) is 10.1 Å². The molecule has 0 aliphatic carbocycles. The number of anilines is 1. The molecule has 1 amide bonds. The van der Waals surface area contributed by atoms with Crippen molar-refractivity contribution in [1.29, 1.82) is 0 Å². The molecule has 0 unspecified atom stereocenters. The Balaban J connectivity index is 1.56. The maximum absolute atomic E-state index is 13.3. The highest BCUT2D eigenvalue weighted by Crippen LogP contribution is 2.35. The van der Waals surface area contributed by atoms with Crippen LogP contribution in [-0.4, -0.2) is 38.1 Å². The zero-order chi connectivity index (χ0) is 22.7. The Morgan fingerprint density at radius 1 is 0.939 bits per heavy atom. The van der Waals surface area contributed by atoms with E-state index >= 15 is 0 Å². The quantitative estimate of drug-likeness (QED) is 0.449. The number of fused-ring (bicyclic) bond motifs is 3. The second-order valence-corrected chi connectivity index (χ2v) is 8.55. The van der Waals surface area contributed by atoms with Crippen LogP contribution in [-0.2, 0) is 9.59 Å². The number of aromatic nitrogens is 3. The van der Waals surface area contributed by atoms with Gasteiger partial charge in [0.2, 0.25) is 4.96 Å². The highest BCUT2D eigenvalue weighted by Gasteiger charge is 2.35. The molecule has 3 heterocycles. The van der Waals surface area contributed by atoms with Gasteiger partial charge in [-0.2, -0.15) is 9.50 Å². The smallest absolute Gasteiger partial charge is 0.323 e. The number of carboxylic acid groups (broad SMARTS) is 1. The molecular weight excluding hydrogens is 440 g/mol. The molecule has 1 aliphatic rings. The number of para-hydroxylation sites is 1. The van der Waals surface area contributed by atoms with Crippen LogP contribution in [0.1, 0.15) is 5.56 Å². The number of hydrogen-bond donors (Lipinski definition) is 1. The molecule has 1 N–H and O–H groups in total. The van der Waals surface area contributed by atoms with E-state index in [1.54, 1.807) is 24.3 Å². The van der Waals surface area contributed by atoms with Crippen LogP contribution in [0.4, 0.5) is 5.69 Å². The average Bonchev–Trinajstić information content (AvgIpc) is 3.45. The molecule has 0 saturated carbocycles. The Labute approximate surface area is 189 Å². The molecule has 3 aromatic carbocycles. The molecule has 0 fully saturated rings. The first-order chi connectivity index (χ1) is 16.0. The topological polar surface area (TPSA) is 105 Å². The number of benzene rings is 3. The van der Waals surface area contributed by atoms with E-state index in [4.69, 9.17) is 0 Å². The fourth-order valence-corrected chi connectivity index (χ4v) is 5.21. The SMILES string of the molecule is O=C(O)CN1C(=O)/C(=c2/sc3nc(-c4cccc5ccccc45)nn3c2=O)c2ccccc21. The van der Waals surface area contributed by atoms with Crippen molar-refractivity contribution in [2.45, 2.75) is 0 Å². The van der Waals surface area contributed by atoms with Crippen molar-refractivity contribution in [3.8, 4) is 11.4 Å². The van der Waals surface area contributed by atoms with Gasteiger partial charge in [-0.25, -0.2) is 0 Å². The minimum Gasteiger partial charge on any atom is -0.480 e. The van der Waals surface area contributed by atoms with E-state index in [1.807, 2.05) is 42.5 Å². The number of nitrogens with zero attached hydrogens (tertiary/aromatic N) is 4. The van der Waals surface area contributed by atoms with Crippen LogP contribution >= 0.6 is 11.3 Å². The predicted octanol–water partition coefficient (Wildman–Crippen LogP) is 2.32. The van der Waals surface area contributed by atoms with Crippen molar-refractivity contribution < 1.29 is 14.7 Å². The number of hydrogen-bond acceptors (Lipinski definition) is 6. The lowest BCUT2D eigenvalue weighted by atomic mass is 10.0. The maximum atomic E-state index is 13.3. The van der Waals surface area contributed by atoms with Crippen LogP contribution in [0.25, 0.3) is 32.7 Å². The van der Waals surface area contributed by atoms with Crippen molar-refractivity contribution in [1.82, 2.24) is 14.6 Å². The Hall–Kier alpha value is -4.37. The number of carboxylic acids is 1. The zero-order valence-corrected chi connectivity index (χ0v) is 17.7. The first kappa shape index (κ1) is 19.3. The van der Waals surface area contributed by atoms with E-state index in [2.05, 4.69) is 10.1 Å². The van der Waals surface area contributed by atoms with Gasteiger partial charge < -0.3 is 5.11 Å². The Morgan fingerprint density at radius 2 is 1.67 bits per heavy atom. The summed E-state index contributed by atoms with van der Waals surface area (Å²) in [5.74, 6) is -1.23. The van der Waals surface area contributed by atoms with Gasteiger partial charge in [0, 0.05) is 11.1 Å². The van der Waals surface area contributed by atoms with E-state index < -0.39 is 24.0 Å². The third-order valence-corrected chi connectivity index (χ3v) is 6.66. The summed E-state index contributed by atoms with van der Waals surface area (Å²) in [6.45, 7) is -0.487.